The number of fused-ring (bicyclic) bond motifs is 1. The number of benzene rings is 2. The Balaban J connectivity index is 1.52. The molecule has 0 bridgehead atoms. The lowest BCUT2D eigenvalue weighted by atomic mass is 10.2. The van der Waals surface area contributed by atoms with Crippen LogP contribution in [-0.4, -0.2) is 19.1 Å². The number of halogens is 1. The maximum absolute atomic E-state index is 12.5. The third-order valence-corrected chi connectivity index (χ3v) is 4.30. The molecule has 0 saturated carbocycles. The van der Waals surface area contributed by atoms with Gasteiger partial charge in [0.1, 0.15) is 5.76 Å². The Bertz CT molecular complexity index is 950. The Kier molecular flexibility index (Phi) is 4.54. The molecule has 1 aliphatic rings. The number of nitrogens with one attached hydrogen (secondary N) is 1. The second-order valence-corrected chi connectivity index (χ2v) is 6.22. The maximum atomic E-state index is 12.5. The summed E-state index contributed by atoms with van der Waals surface area (Å²) in [5.74, 6) is 1.69. The Labute approximate surface area is 155 Å². The summed E-state index contributed by atoms with van der Waals surface area (Å²) >= 11 is 6.17. The molecule has 0 spiro atoms. The molecule has 2 heterocycles. The number of ether oxygens (including phenoxy) is 2. The van der Waals surface area contributed by atoms with Crippen LogP contribution < -0.4 is 14.8 Å². The van der Waals surface area contributed by atoms with Gasteiger partial charge in [-0.1, -0.05) is 23.7 Å². The van der Waals surface area contributed by atoms with Crippen molar-refractivity contribution < 1.29 is 18.7 Å². The molecule has 1 N–H and O–H groups in total. The van der Waals surface area contributed by atoms with Crippen molar-refractivity contribution in [1.82, 2.24) is 0 Å². The van der Waals surface area contributed by atoms with Crippen LogP contribution >= 0.6 is 11.6 Å². The third kappa shape index (κ3) is 3.39. The van der Waals surface area contributed by atoms with Crippen LogP contribution in [0.4, 0.5) is 5.69 Å². The van der Waals surface area contributed by atoms with Crippen molar-refractivity contribution in [2.24, 2.45) is 0 Å². The minimum Gasteiger partial charge on any atom is -0.490 e. The fourth-order valence-corrected chi connectivity index (χ4v) is 2.93. The Morgan fingerprint density at radius 2 is 1.77 bits per heavy atom. The number of hydrogen-bond acceptors (Lipinski definition) is 4. The lowest BCUT2D eigenvalue weighted by Crippen LogP contribution is -2.11. The topological polar surface area (TPSA) is 60.7 Å². The number of carbonyl (C=O) groups excluding carboxylic acids is 1. The van der Waals surface area contributed by atoms with Crippen LogP contribution in [0.1, 0.15) is 17.0 Å². The van der Waals surface area contributed by atoms with Gasteiger partial charge in [-0.15, -0.1) is 0 Å². The number of carbonyl (C=O) groups is 1. The largest absolute Gasteiger partial charge is 0.490 e. The average Bonchev–Trinajstić information content (AvgIpc) is 3.02. The Morgan fingerprint density at radius 3 is 2.62 bits per heavy atom. The van der Waals surface area contributed by atoms with Crippen molar-refractivity contribution in [3.8, 4) is 22.8 Å². The van der Waals surface area contributed by atoms with E-state index in [1.54, 1.807) is 36.4 Å². The number of hydrogen-bond donors (Lipinski definition) is 1. The average molecular weight is 370 g/mol. The molecule has 0 unspecified atom stereocenters. The zero-order chi connectivity index (χ0) is 17.9. The molecule has 1 amide bonds. The SMILES string of the molecule is O=C(Nc1ccc2c(c1)OCCCO2)c1ccc(-c2ccccc2Cl)o1. The maximum Gasteiger partial charge on any atom is 0.291 e. The predicted molar refractivity (Wildman–Crippen MR) is 99.2 cm³/mol. The molecule has 5 nitrogen and oxygen atoms in total. The molecule has 0 saturated heterocycles. The zero-order valence-electron chi connectivity index (χ0n) is 13.8. The van der Waals surface area contributed by atoms with Crippen LogP contribution in [0, 0.1) is 0 Å². The van der Waals surface area contributed by atoms with Gasteiger partial charge < -0.3 is 19.2 Å². The van der Waals surface area contributed by atoms with Crippen molar-refractivity contribution in [3.63, 3.8) is 0 Å². The molecule has 1 aliphatic heterocycles. The van der Waals surface area contributed by atoms with Crippen molar-refractivity contribution in [2.75, 3.05) is 18.5 Å². The molecule has 0 aliphatic carbocycles. The van der Waals surface area contributed by atoms with E-state index in [1.165, 1.54) is 0 Å². The first-order chi connectivity index (χ1) is 12.7. The molecule has 6 heteroatoms. The highest BCUT2D eigenvalue weighted by Gasteiger charge is 2.16. The molecular formula is C20H16ClNO4. The summed E-state index contributed by atoms with van der Waals surface area (Å²) in [5, 5.41) is 3.37. The number of furan rings is 1. The first-order valence-electron chi connectivity index (χ1n) is 8.26. The van der Waals surface area contributed by atoms with E-state index in [0.717, 1.165) is 12.0 Å². The molecule has 0 radical (unpaired) electrons. The van der Waals surface area contributed by atoms with Gasteiger partial charge >= 0.3 is 0 Å². The van der Waals surface area contributed by atoms with E-state index in [-0.39, 0.29) is 11.7 Å². The molecule has 0 atom stereocenters. The van der Waals surface area contributed by atoms with E-state index >= 15 is 0 Å². The van der Waals surface area contributed by atoms with Crippen LogP contribution in [-0.2, 0) is 0 Å². The van der Waals surface area contributed by atoms with Gasteiger partial charge in [-0.2, -0.15) is 0 Å². The summed E-state index contributed by atoms with van der Waals surface area (Å²) in [6, 6.07) is 16.0. The summed E-state index contributed by atoms with van der Waals surface area (Å²) in [5.41, 5.74) is 1.35. The van der Waals surface area contributed by atoms with E-state index < -0.39 is 0 Å². The molecule has 26 heavy (non-hydrogen) atoms. The molecule has 0 fully saturated rings. The van der Waals surface area contributed by atoms with Crippen molar-refractivity contribution in [3.05, 3.63) is 65.4 Å². The zero-order valence-corrected chi connectivity index (χ0v) is 14.6. The van der Waals surface area contributed by atoms with Crippen molar-refractivity contribution in [1.29, 1.82) is 0 Å². The van der Waals surface area contributed by atoms with E-state index in [0.29, 0.717) is 41.2 Å². The quantitative estimate of drug-likeness (QED) is 0.704. The predicted octanol–water partition coefficient (Wildman–Crippen LogP) is 5.01. The van der Waals surface area contributed by atoms with Crippen LogP contribution in [0.15, 0.2) is 59.0 Å². The van der Waals surface area contributed by atoms with E-state index in [2.05, 4.69) is 5.32 Å². The molecule has 132 valence electrons. The van der Waals surface area contributed by atoms with Crippen LogP contribution in [0.3, 0.4) is 0 Å². The van der Waals surface area contributed by atoms with E-state index in [4.69, 9.17) is 25.5 Å². The Hall–Kier alpha value is -2.92. The highest BCUT2D eigenvalue weighted by atomic mass is 35.5. The molecule has 3 aromatic rings. The summed E-state index contributed by atoms with van der Waals surface area (Å²) < 4.78 is 16.9. The molecule has 1 aromatic heterocycles. The summed E-state index contributed by atoms with van der Waals surface area (Å²) in [4.78, 5) is 12.5. The number of anilines is 1. The minimum atomic E-state index is -0.349. The first kappa shape index (κ1) is 16.5. The third-order valence-electron chi connectivity index (χ3n) is 3.97. The molecule has 2 aromatic carbocycles. The van der Waals surface area contributed by atoms with Crippen LogP contribution in [0.25, 0.3) is 11.3 Å². The number of rotatable bonds is 3. The van der Waals surface area contributed by atoms with Gasteiger partial charge in [0, 0.05) is 23.7 Å². The van der Waals surface area contributed by atoms with Gasteiger partial charge in [0.05, 0.1) is 18.2 Å². The van der Waals surface area contributed by atoms with Gasteiger partial charge in [-0.25, -0.2) is 0 Å². The normalized spacial score (nSPS) is 13.1. The minimum absolute atomic E-state index is 0.201. The van der Waals surface area contributed by atoms with Crippen molar-refractivity contribution in [2.45, 2.75) is 6.42 Å². The van der Waals surface area contributed by atoms with Gasteiger partial charge in [0.15, 0.2) is 17.3 Å². The van der Waals surface area contributed by atoms with Crippen LogP contribution in [0.5, 0.6) is 11.5 Å². The highest BCUT2D eigenvalue weighted by molar-refractivity contribution is 6.33. The molecular weight excluding hydrogens is 354 g/mol. The Morgan fingerprint density at radius 1 is 0.962 bits per heavy atom. The van der Waals surface area contributed by atoms with Gasteiger partial charge in [-0.3, -0.25) is 4.79 Å². The first-order valence-corrected chi connectivity index (χ1v) is 8.64. The fourth-order valence-electron chi connectivity index (χ4n) is 2.70. The standard InChI is InChI=1S/C20H16ClNO4/c21-15-5-2-1-4-14(15)16-8-9-18(26-16)20(23)22-13-6-7-17-19(12-13)25-11-3-10-24-17/h1-2,4-9,12H,3,10-11H2,(H,22,23). The van der Waals surface area contributed by atoms with E-state index in [9.17, 15) is 4.79 Å². The van der Waals surface area contributed by atoms with Gasteiger partial charge in [0.2, 0.25) is 0 Å². The lowest BCUT2D eigenvalue weighted by molar-refractivity contribution is 0.0997. The second kappa shape index (κ2) is 7.14. The second-order valence-electron chi connectivity index (χ2n) is 5.81. The summed E-state index contributed by atoms with van der Waals surface area (Å²) in [6.45, 7) is 1.21. The smallest absolute Gasteiger partial charge is 0.291 e. The molecule has 4 rings (SSSR count). The van der Waals surface area contributed by atoms with Gasteiger partial charge in [0.25, 0.3) is 5.91 Å². The summed E-state index contributed by atoms with van der Waals surface area (Å²) in [7, 11) is 0. The van der Waals surface area contributed by atoms with E-state index in [1.807, 2.05) is 18.2 Å². The van der Waals surface area contributed by atoms with Crippen LogP contribution in [0.2, 0.25) is 5.02 Å². The fraction of sp³-hybridized carbons (Fsp3) is 0.150. The number of amides is 1. The summed E-state index contributed by atoms with van der Waals surface area (Å²) in [6.07, 6.45) is 0.827. The highest BCUT2D eigenvalue weighted by Crippen LogP contribution is 2.33. The van der Waals surface area contributed by atoms with Gasteiger partial charge in [-0.05, 0) is 36.4 Å². The van der Waals surface area contributed by atoms with Crippen molar-refractivity contribution >= 4 is 23.2 Å². The monoisotopic (exact) mass is 369 g/mol. The lowest BCUT2D eigenvalue weighted by Gasteiger charge is -2.09.